The number of rotatable bonds is 2. The van der Waals surface area contributed by atoms with E-state index < -0.39 is 12.5 Å². The Morgan fingerprint density at radius 1 is 1.78 bits per heavy atom. The van der Waals surface area contributed by atoms with Crippen molar-refractivity contribution in [3.63, 3.8) is 0 Å². The highest BCUT2D eigenvalue weighted by Crippen LogP contribution is 2.20. The van der Waals surface area contributed by atoms with Crippen LogP contribution in [0.1, 0.15) is 0 Å². The Hall–Kier alpha value is 0.260. The van der Waals surface area contributed by atoms with Crippen LogP contribution in [-0.2, 0) is 0 Å². The minimum Gasteiger partial charge on any atom is -0.325 e. The third-order valence-electron chi connectivity index (χ3n) is 0.740. The summed E-state index contributed by atoms with van der Waals surface area (Å²) in [4.78, 5) is 0. The number of hydrogen-bond donors (Lipinski definition) is 1. The van der Waals surface area contributed by atoms with E-state index in [-0.39, 0.29) is 4.20 Å². The van der Waals surface area contributed by atoms with Crippen molar-refractivity contribution in [1.29, 1.82) is 0 Å². The minimum atomic E-state index is -2.98. The van der Waals surface area contributed by atoms with E-state index in [1.165, 1.54) is 6.26 Å². The Morgan fingerprint density at radius 2 is 2.22 bits per heavy atom. The maximum absolute atomic E-state index is 12.3. The molecule has 5 heteroatoms. The predicted octanol–water partition coefficient (Wildman–Crippen LogP) is 1.27. The van der Waals surface area contributed by atoms with E-state index in [9.17, 15) is 8.78 Å². The Morgan fingerprint density at radius 3 is 2.33 bits per heavy atom. The first-order valence-corrected chi connectivity index (χ1v) is 3.84. The number of alkyl halides is 2. The smallest absolute Gasteiger partial charge is 0.300 e. The molecule has 2 N–H and O–H groups in total. The van der Waals surface area contributed by atoms with Crippen molar-refractivity contribution in [3.05, 3.63) is 0 Å². The Kier molecular flexibility index (Phi) is 3.53. The highest BCUT2D eigenvalue weighted by atomic mass is 32.2. The van der Waals surface area contributed by atoms with Gasteiger partial charge in [-0.2, -0.15) is 8.78 Å². The second kappa shape index (κ2) is 3.43. The van der Waals surface area contributed by atoms with Gasteiger partial charge in [0.25, 0.3) is 0 Å². The van der Waals surface area contributed by atoms with Crippen molar-refractivity contribution in [2.75, 3.05) is 12.8 Å². The molecule has 0 saturated carbocycles. The fraction of sp³-hybridized carbons (Fsp3) is 0.750. The molecule has 0 heterocycles. The lowest BCUT2D eigenvalue weighted by molar-refractivity contribution is 0.0944. The quantitative estimate of drug-likeness (QED) is 0.634. The van der Waals surface area contributed by atoms with Gasteiger partial charge in [-0.05, 0) is 6.26 Å². The van der Waals surface area contributed by atoms with E-state index in [0.29, 0.717) is 0 Å². The van der Waals surface area contributed by atoms with Crippen LogP contribution in [0.15, 0.2) is 0 Å². The fourth-order valence-electron chi connectivity index (χ4n) is 0.233. The van der Waals surface area contributed by atoms with Gasteiger partial charge in [0, 0.05) is 0 Å². The molecule has 0 spiro atoms. The molecule has 0 unspecified atom stereocenters. The van der Waals surface area contributed by atoms with E-state index in [1.54, 1.807) is 0 Å². The summed E-state index contributed by atoms with van der Waals surface area (Å²) in [6.45, 7) is -0.702. The van der Waals surface area contributed by atoms with Crippen molar-refractivity contribution < 1.29 is 8.78 Å². The zero-order valence-corrected chi connectivity index (χ0v) is 6.49. The summed E-state index contributed by atoms with van der Waals surface area (Å²) in [5.74, 6) is -2.98. The molecule has 0 aromatic rings. The van der Waals surface area contributed by atoms with Gasteiger partial charge >= 0.3 is 5.92 Å². The van der Waals surface area contributed by atoms with E-state index in [2.05, 4.69) is 12.2 Å². The summed E-state index contributed by atoms with van der Waals surface area (Å²) in [7, 11) is 0. The second-order valence-electron chi connectivity index (χ2n) is 1.40. The SMILES string of the molecule is CSC(=S)C(F)(F)CN. The third kappa shape index (κ3) is 2.55. The van der Waals surface area contributed by atoms with E-state index in [1.807, 2.05) is 0 Å². The summed E-state index contributed by atoms with van der Waals surface area (Å²) < 4.78 is 24.2. The Labute approximate surface area is 62.0 Å². The molecule has 0 aromatic heterocycles. The molecule has 1 nitrogen and oxygen atoms in total. The Bertz CT molecular complexity index is 115. The minimum absolute atomic E-state index is 0.343. The molecule has 0 radical (unpaired) electrons. The lowest BCUT2D eigenvalue weighted by atomic mass is 10.4. The van der Waals surface area contributed by atoms with Gasteiger partial charge in [-0.3, -0.25) is 0 Å². The standard InChI is InChI=1S/C4H7F2NS2/c1-9-3(8)4(5,6)2-7/h2,7H2,1H3. The van der Waals surface area contributed by atoms with Crippen LogP contribution in [0.2, 0.25) is 0 Å². The van der Waals surface area contributed by atoms with Crippen LogP contribution in [0.25, 0.3) is 0 Å². The van der Waals surface area contributed by atoms with Crippen LogP contribution in [0.4, 0.5) is 8.78 Å². The van der Waals surface area contributed by atoms with Crippen molar-refractivity contribution in [2.45, 2.75) is 5.92 Å². The van der Waals surface area contributed by atoms with Crippen LogP contribution < -0.4 is 5.73 Å². The summed E-state index contributed by atoms with van der Waals surface area (Å²) in [6, 6.07) is 0. The molecular formula is C4H7F2NS2. The van der Waals surface area contributed by atoms with Gasteiger partial charge in [0.15, 0.2) is 0 Å². The van der Waals surface area contributed by atoms with Crippen molar-refractivity contribution in [1.82, 2.24) is 0 Å². The number of nitrogens with two attached hydrogens (primary N) is 1. The van der Waals surface area contributed by atoms with Crippen molar-refractivity contribution in [2.24, 2.45) is 5.73 Å². The van der Waals surface area contributed by atoms with Crippen LogP contribution in [0, 0.1) is 0 Å². The molecule has 0 rings (SSSR count). The number of thioether (sulfide) groups is 1. The zero-order valence-electron chi connectivity index (χ0n) is 4.86. The summed E-state index contributed by atoms with van der Waals surface area (Å²) >= 11 is 5.18. The van der Waals surface area contributed by atoms with Gasteiger partial charge in [0.1, 0.15) is 4.20 Å². The highest BCUT2D eigenvalue weighted by Gasteiger charge is 2.31. The second-order valence-corrected chi connectivity index (χ2v) is 2.88. The van der Waals surface area contributed by atoms with Gasteiger partial charge in [-0.1, -0.05) is 12.2 Å². The molecule has 0 amide bonds. The van der Waals surface area contributed by atoms with Crippen LogP contribution in [0.3, 0.4) is 0 Å². The maximum atomic E-state index is 12.3. The van der Waals surface area contributed by atoms with Gasteiger partial charge in [-0.15, -0.1) is 11.8 Å². The first-order chi connectivity index (χ1) is 4.04. The molecule has 0 aliphatic heterocycles. The summed E-state index contributed by atoms with van der Waals surface area (Å²) in [6.07, 6.45) is 1.51. The van der Waals surface area contributed by atoms with Gasteiger partial charge < -0.3 is 5.73 Å². The summed E-state index contributed by atoms with van der Waals surface area (Å²) in [5.41, 5.74) is 4.73. The largest absolute Gasteiger partial charge is 0.325 e. The molecule has 0 fully saturated rings. The maximum Gasteiger partial charge on any atom is 0.300 e. The lowest BCUT2D eigenvalue weighted by Crippen LogP contribution is -2.33. The van der Waals surface area contributed by atoms with Gasteiger partial charge in [0.2, 0.25) is 0 Å². The molecule has 0 aliphatic rings. The first-order valence-electron chi connectivity index (χ1n) is 2.21. The van der Waals surface area contributed by atoms with Crippen LogP contribution in [-0.4, -0.2) is 22.9 Å². The first kappa shape index (κ1) is 9.26. The van der Waals surface area contributed by atoms with E-state index >= 15 is 0 Å². The molecule has 0 atom stereocenters. The average Bonchev–Trinajstić information content (AvgIpc) is 1.86. The van der Waals surface area contributed by atoms with Crippen LogP contribution in [0.5, 0.6) is 0 Å². The summed E-state index contributed by atoms with van der Waals surface area (Å²) in [5, 5.41) is 0. The Balaban J connectivity index is 3.97. The zero-order chi connectivity index (χ0) is 7.49. The number of thiocarbonyl (C=S) groups is 1. The normalized spacial score (nSPS) is 11.6. The van der Waals surface area contributed by atoms with Crippen LogP contribution >= 0.6 is 24.0 Å². The fourth-order valence-corrected chi connectivity index (χ4v) is 0.698. The van der Waals surface area contributed by atoms with Gasteiger partial charge in [0.05, 0.1) is 6.54 Å². The van der Waals surface area contributed by atoms with Gasteiger partial charge in [-0.25, -0.2) is 0 Å². The molecule has 9 heavy (non-hydrogen) atoms. The predicted molar refractivity (Wildman–Crippen MR) is 40.1 cm³/mol. The molecular weight excluding hydrogens is 164 g/mol. The van der Waals surface area contributed by atoms with E-state index in [4.69, 9.17) is 5.73 Å². The molecule has 0 aliphatic carbocycles. The monoisotopic (exact) mass is 171 g/mol. The van der Waals surface area contributed by atoms with Crippen molar-refractivity contribution in [3.8, 4) is 0 Å². The molecule has 0 aromatic carbocycles. The molecule has 0 saturated heterocycles. The molecule has 54 valence electrons. The third-order valence-corrected chi connectivity index (χ3v) is 2.21. The number of halogens is 2. The molecule has 0 bridgehead atoms. The van der Waals surface area contributed by atoms with Crippen molar-refractivity contribution >= 4 is 28.2 Å². The highest BCUT2D eigenvalue weighted by molar-refractivity contribution is 8.22. The lowest BCUT2D eigenvalue weighted by Gasteiger charge is -2.11. The van der Waals surface area contributed by atoms with E-state index in [0.717, 1.165) is 11.8 Å². The number of hydrogen-bond acceptors (Lipinski definition) is 3. The topological polar surface area (TPSA) is 26.0 Å². The average molecular weight is 171 g/mol.